The van der Waals surface area contributed by atoms with Crippen molar-refractivity contribution in [1.82, 2.24) is 15.4 Å². The molecule has 1 saturated heterocycles. The van der Waals surface area contributed by atoms with E-state index in [9.17, 15) is 24.0 Å². The zero-order valence-corrected chi connectivity index (χ0v) is 19.1. The van der Waals surface area contributed by atoms with Crippen molar-refractivity contribution in [2.75, 3.05) is 0 Å². The number of aromatic amines is 1. The molecule has 2 heterocycles. The molecular formula is C25H20ClN3O6. The van der Waals surface area contributed by atoms with Crippen LogP contribution in [0.2, 0.25) is 5.02 Å². The van der Waals surface area contributed by atoms with Crippen LogP contribution in [0.5, 0.6) is 0 Å². The number of aromatic nitrogens is 1. The van der Waals surface area contributed by atoms with E-state index >= 15 is 0 Å². The molecule has 1 fully saturated rings. The van der Waals surface area contributed by atoms with E-state index in [-0.39, 0.29) is 37.2 Å². The van der Waals surface area contributed by atoms with E-state index < -0.39 is 35.7 Å². The van der Waals surface area contributed by atoms with E-state index in [0.717, 1.165) is 16.5 Å². The molecule has 10 heteroatoms. The largest absolute Gasteiger partial charge is 0.351 e. The lowest BCUT2D eigenvalue weighted by Gasteiger charge is -2.30. The fourth-order valence-corrected chi connectivity index (χ4v) is 4.72. The molecule has 2 unspecified atom stereocenters. The van der Waals surface area contributed by atoms with Gasteiger partial charge < -0.3 is 15.1 Å². The summed E-state index contributed by atoms with van der Waals surface area (Å²) in [5.41, 5.74) is 2.47. The first-order valence-corrected chi connectivity index (χ1v) is 11.4. The summed E-state index contributed by atoms with van der Waals surface area (Å²) in [5, 5.41) is 4.53. The number of hydrogen-bond donors (Lipinski definition) is 2. The third kappa shape index (κ3) is 4.42. The van der Waals surface area contributed by atoms with Gasteiger partial charge in [0.25, 0.3) is 17.7 Å². The fourth-order valence-electron chi connectivity index (χ4n) is 4.53. The molecule has 2 aromatic carbocycles. The number of carbonyl (C=O) groups excluding carboxylic acids is 5. The third-order valence-electron chi connectivity index (χ3n) is 6.24. The molecule has 1 aromatic heterocycles. The summed E-state index contributed by atoms with van der Waals surface area (Å²) >= 11 is 6.02. The van der Waals surface area contributed by atoms with Crippen LogP contribution in [0.3, 0.4) is 0 Å². The van der Waals surface area contributed by atoms with Crippen molar-refractivity contribution < 1.29 is 28.8 Å². The van der Waals surface area contributed by atoms with Crippen LogP contribution >= 0.6 is 11.6 Å². The maximum absolute atomic E-state index is 13.4. The quantitative estimate of drug-likeness (QED) is 0.526. The number of H-pyrrole nitrogens is 1. The molecule has 2 atom stereocenters. The van der Waals surface area contributed by atoms with Crippen LogP contribution in [0.15, 0.2) is 48.5 Å². The van der Waals surface area contributed by atoms with Gasteiger partial charge >= 0.3 is 5.97 Å². The maximum Gasteiger partial charge on any atom is 0.334 e. The Morgan fingerprint density at radius 3 is 2.57 bits per heavy atom. The smallest absolute Gasteiger partial charge is 0.334 e. The summed E-state index contributed by atoms with van der Waals surface area (Å²) < 4.78 is 0. The van der Waals surface area contributed by atoms with Crippen LogP contribution in [-0.2, 0) is 30.4 Å². The average Bonchev–Trinajstić information content (AvgIpc) is 3.39. The summed E-state index contributed by atoms with van der Waals surface area (Å²) in [5.74, 6) is -3.78. The number of benzene rings is 2. The summed E-state index contributed by atoms with van der Waals surface area (Å²) in [6.45, 7) is 0. The predicted octanol–water partition coefficient (Wildman–Crippen LogP) is 2.83. The lowest BCUT2D eigenvalue weighted by atomic mass is 9.77. The number of hydroxylamine groups is 2. The number of ketones is 1. The molecule has 2 aliphatic rings. The molecule has 0 bridgehead atoms. The number of nitrogens with one attached hydrogen (secondary N) is 2. The minimum absolute atomic E-state index is 0.0224. The Bertz CT molecular complexity index is 1380. The number of carbonyl (C=O) groups is 5. The van der Waals surface area contributed by atoms with Gasteiger partial charge in [-0.15, -0.1) is 5.06 Å². The lowest BCUT2D eigenvalue weighted by molar-refractivity contribution is -0.197. The monoisotopic (exact) mass is 493 g/mol. The molecule has 0 saturated carbocycles. The molecule has 0 spiro atoms. The number of amides is 3. The van der Waals surface area contributed by atoms with Gasteiger partial charge in [-0.05, 0) is 35.4 Å². The normalized spacial score (nSPS) is 19.7. The van der Waals surface area contributed by atoms with Gasteiger partial charge in [0.2, 0.25) is 0 Å². The zero-order valence-electron chi connectivity index (χ0n) is 18.4. The molecule has 5 rings (SSSR count). The van der Waals surface area contributed by atoms with Crippen LogP contribution in [0, 0.1) is 0 Å². The zero-order chi connectivity index (χ0) is 24.7. The highest BCUT2D eigenvalue weighted by Gasteiger charge is 2.39. The second-order valence-corrected chi connectivity index (χ2v) is 8.98. The third-order valence-corrected chi connectivity index (χ3v) is 6.48. The molecule has 35 heavy (non-hydrogen) atoms. The lowest BCUT2D eigenvalue weighted by Crippen LogP contribution is -2.47. The van der Waals surface area contributed by atoms with Gasteiger partial charge in [0, 0.05) is 35.2 Å². The Balaban J connectivity index is 1.35. The number of nitrogens with zero attached hydrogens (tertiary/aromatic N) is 1. The Hall–Kier alpha value is -3.98. The Labute approximate surface area is 204 Å². The highest BCUT2D eigenvalue weighted by Crippen LogP contribution is 2.32. The van der Waals surface area contributed by atoms with Gasteiger partial charge in [0.1, 0.15) is 5.69 Å². The molecule has 9 nitrogen and oxygen atoms in total. The molecule has 2 N–H and O–H groups in total. The first-order valence-electron chi connectivity index (χ1n) is 11.1. The van der Waals surface area contributed by atoms with E-state index in [2.05, 4.69) is 10.3 Å². The van der Waals surface area contributed by atoms with Crippen molar-refractivity contribution in [3.63, 3.8) is 0 Å². The minimum Gasteiger partial charge on any atom is -0.351 e. The van der Waals surface area contributed by atoms with Gasteiger partial charge in [0.15, 0.2) is 5.78 Å². The van der Waals surface area contributed by atoms with Crippen molar-refractivity contribution in [2.24, 2.45) is 0 Å². The molecule has 1 aliphatic carbocycles. The van der Waals surface area contributed by atoms with Crippen molar-refractivity contribution in [2.45, 2.75) is 37.6 Å². The maximum atomic E-state index is 13.4. The molecule has 0 radical (unpaired) electrons. The topological polar surface area (TPSA) is 126 Å². The Morgan fingerprint density at radius 2 is 1.80 bits per heavy atom. The van der Waals surface area contributed by atoms with Crippen LogP contribution in [-0.4, -0.2) is 45.6 Å². The van der Waals surface area contributed by atoms with Crippen LogP contribution in [0.1, 0.15) is 46.8 Å². The van der Waals surface area contributed by atoms with E-state index in [1.165, 1.54) is 0 Å². The summed E-state index contributed by atoms with van der Waals surface area (Å²) in [7, 11) is 0. The Kier molecular flexibility index (Phi) is 5.86. The van der Waals surface area contributed by atoms with Gasteiger partial charge in [-0.2, -0.15) is 0 Å². The summed E-state index contributed by atoms with van der Waals surface area (Å²) in [6, 6.07) is 13.1. The van der Waals surface area contributed by atoms with E-state index in [0.29, 0.717) is 15.6 Å². The second kappa shape index (κ2) is 8.99. The highest BCUT2D eigenvalue weighted by molar-refractivity contribution is 6.31. The number of halogens is 1. The second-order valence-electron chi connectivity index (χ2n) is 8.55. The fraction of sp³-hybridized carbons (Fsp3) is 0.240. The molecule has 1 aliphatic heterocycles. The van der Waals surface area contributed by atoms with Crippen LogP contribution < -0.4 is 5.32 Å². The van der Waals surface area contributed by atoms with Gasteiger partial charge in [-0.1, -0.05) is 35.9 Å². The summed E-state index contributed by atoms with van der Waals surface area (Å²) in [6.07, 6.45) is -0.150. The average molecular weight is 494 g/mol. The Morgan fingerprint density at radius 1 is 1.06 bits per heavy atom. The van der Waals surface area contributed by atoms with Gasteiger partial charge in [0.05, 0.1) is 18.4 Å². The van der Waals surface area contributed by atoms with E-state index in [1.807, 2.05) is 12.1 Å². The van der Waals surface area contributed by atoms with Crippen molar-refractivity contribution >= 4 is 52.0 Å². The van der Waals surface area contributed by atoms with Crippen molar-refractivity contribution in [3.05, 3.63) is 70.4 Å². The van der Waals surface area contributed by atoms with E-state index in [1.54, 1.807) is 36.4 Å². The van der Waals surface area contributed by atoms with Gasteiger partial charge in [-0.3, -0.25) is 19.2 Å². The molecule has 3 amide bonds. The predicted molar refractivity (Wildman–Crippen MR) is 124 cm³/mol. The number of Topliss-reactive ketones (excluding diaryl/α,β-unsaturated/α-hetero) is 1. The number of imide groups is 1. The number of rotatable bonds is 5. The highest BCUT2D eigenvalue weighted by atomic mass is 35.5. The van der Waals surface area contributed by atoms with E-state index in [4.69, 9.17) is 16.4 Å². The summed E-state index contributed by atoms with van der Waals surface area (Å²) in [4.78, 5) is 70.4. The van der Waals surface area contributed by atoms with Crippen LogP contribution in [0.4, 0.5) is 0 Å². The minimum atomic E-state index is -0.896. The number of hydrogen-bond acceptors (Lipinski definition) is 6. The van der Waals surface area contributed by atoms with Crippen LogP contribution in [0.25, 0.3) is 10.9 Å². The standard InChI is InChI=1S/C25H20ClN3O6/c26-15-5-6-18-14(9-15)11-20(27-18)25(34)28-19-10-13-3-1-2-4-16(13)17(24(19)33)12-23(32)35-29-21(30)7-8-22(29)31/h1-6,9,11,17,19,27H,7-8,10,12H2,(H,28,34). The molecular weight excluding hydrogens is 474 g/mol. The molecule has 178 valence electrons. The first-order chi connectivity index (χ1) is 16.8. The molecule has 3 aromatic rings. The number of fused-ring (bicyclic) bond motifs is 2. The SMILES string of the molecule is O=C(CC1C(=O)C(NC(=O)c2cc3cc(Cl)ccc3[nH]2)Cc2ccccc21)ON1C(=O)CCC1=O. The van der Waals surface area contributed by atoms with Crippen molar-refractivity contribution in [1.29, 1.82) is 0 Å². The van der Waals surface area contributed by atoms with Crippen molar-refractivity contribution in [3.8, 4) is 0 Å². The van der Waals surface area contributed by atoms with Gasteiger partial charge in [-0.25, -0.2) is 4.79 Å². The first kappa shape index (κ1) is 22.8.